The third-order valence-electron chi connectivity index (χ3n) is 3.07. The van der Waals surface area contributed by atoms with Crippen LogP contribution in [0.1, 0.15) is 32.3 Å². The smallest absolute Gasteiger partial charge is 0.293 e. The van der Waals surface area contributed by atoms with Crippen LogP contribution in [0.25, 0.3) is 0 Å². The molecule has 0 aromatic heterocycles. The highest BCUT2D eigenvalue weighted by Crippen LogP contribution is 2.07. The van der Waals surface area contributed by atoms with Gasteiger partial charge in [-0.2, -0.15) is 0 Å². The van der Waals surface area contributed by atoms with E-state index < -0.39 is 0 Å². The van der Waals surface area contributed by atoms with Crippen molar-refractivity contribution in [3.05, 3.63) is 59.2 Å². The number of benzene rings is 1. The van der Waals surface area contributed by atoms with Gasteiger partial charge in [0.15, 0.2) is 0 Å². The summed E-state index contributed by atoms with van der Waals surface area (Å²) < 4.78 is 10.3. The van der Waals surface area contributed by atoms with E-state index in [1.807, 2.05) is 25.1 Å². The zero-order valence-corrected chi connectivity index (χ0v) is 12.9. The molecule has 0 saturated heterocycles. The lowest BCUT2D eigenvalue weighted by atomic mass is 10.1. The topological polar surface area (TPSA) is 35.5 Å². The van der Waals surface area contributed by atoms with E-state index in [9.17, 15) is 4.79 Å². The van der Waals surface area contributed by atoms with Gasteiger partial charge in [-0.3, -0.25) is 4.79 Å². The summed E-state index contributed by atoms with van der Waals surface area (Å²) in [6, 6.07) is 10.2. The van der Waals surface area contributed by atoms with E-state index in [2.05, 4.69) is 31.2 Å². The van der Waals surface area contributed by atoms with Crippen molar-refractivity contribution < 1.29 is 14.3 Å². The zero-order chi connectivity index (χ0) is 15.3. The Bertz CT molecular complexity index is 461. The largest absolute Gasteiger partial charge is 0.463 e. The molecule has 0 heterocycles. The lowest BCUT2D eigenvalue weighted by Gasteiger charge is -2.03. The summed E-state index contributed by atoms with van der Waals surface area (Å²) in [6.45, 7) is 6.21. The minimum atomic E-state index is 0.381. The first kappa shape index (κ1) is 17.2. The molecule has 114 valence electrons. The normalized spacial score (nSPS) is 12.3. The number of rotatable bonds is 10. The molecule has 0 amide bonds. The summed E-state index contributed by atoms with van der Waals surface area (Å²) in [5.41, 5.74) is 3.58. The molecule has 0 aliphatic rings. The number of hydrogen-bond acceptors (Lipinski definition) is 3. The molecule has 0 unspecified atom stereocenters. The van der Waals surface area contributed by atoms with Gasteiger partial charge in [-0.15, -0.1) is 0 Å². The summed E-state index contributed by atoms with van der Waals surface area (Å²) in [5.74, 6) is 0. The third-order valence-corrected chi connectivity index (χ3v) is 3.07. The van der Waals surface area contributed by atoms with Crippen molar-refractivity contribution in [2.75, 3.05) is 13.2 Å². The van der Waals surface area contributed by atoms with Crippen LogP contribution in [0.2, 0.25) is 0 Å². The molecule has 3 heteroatoms. The van der Waals surface area contributed by atoms with Crippen LogP contribution in [-0.2, 0) is 20.9 Å². The fraction of sp³-hybridized carbons (Fsp3) is 0.389. The van der Waals surface area contributed by atoms with E-state index in [4.69, 9.17) is 9.47 Å². The minimum Gasteiger partial charge on any atom is -0.463 e. The first-order chi connectivity index (χ1) is 10.2. The van der Waals surface area contributed by atoms with Crippen LogP contribution in [-0.4, -0.2) is 19.7 Å². The average Bonchev–Trinajstić information content (AvgIpc) is 2.50. The second kappa shape index (κ2) is 10.9. The molecule has 1 aromatic rings. The fourth-order valence-corrected chi connectivity index (χ4v) is 1.82. The van der Waals surface area contributed by atoms with Gasteiger partial charge in [-0.05, 0) is 37.8 Å². The fourth-order valence-electron chi connectivity index (χ4n) is 1.82. The number of ether oxygens (including phenoxy) is 2. The standard InChI is InChI=1S/C18H24O3/c1-16(7-6-8-17(2)13-21-15-19)11-12-20-14-18-9-4-3-5-10-18/h3-5,8-11,15H,6-7,12-14H2,1-2H3/b16-11+,17-8+. The van der Waals surface area contributed by atoms with Gasteiger partial charge in [-0.25, -0.2) is 0 Å². The molecule has 0 bridgehead atoms. The molecule has 1 aromatic carbocycles. The Labute approximate surface area is 127 Å². The van der Waals surface area contributed by atoms with Crippen LogP contribution in [0.15, 0.2) is 53.6 Å². The predicted molar refractivity (Wildman–Crippen MR) is 84.9 cm³/mol. The van der Waals surface area contributed by atoms with Gasteiger partial charge in [0.2, 0.25) is 0 Å². The lowest BCUT2D eigenvalue weighted by molar-refractivity contribution is -0.127. The van der Waals surface area contributed by atoms with Crippen molar-refractivity contribution in [2.24, 2.45) is 0 Å². The lowest BCUT2D eigenvalue weighted by Crippen LogP contribution is -1.94. The molecular weight excluding hydrogens is 264 g/mol. The van der Waals surface area contributed by atoms with Crippen LogP contribution >= 0.6 is 0 Å². The van der Waals surface area contributed by atoms with Crippen LogP contribution in [0, 0.1) is 0 Å². The SMILES string of the molecule is C/C(=C\COCc1ccccc1)CC/C=C(\C)COC=O. The monoisotopic (exact) mass is 288 g/mol. The van der Waals surface area contributed by atoms with E-state index in [0.717, 1.165) is 18.4 Å². The summed E-state index contributed by atoms with van der Waals surface area (Å²) in [6.07, 6.45) is 6.17. The van der Waals surface area contributed by atoms with Crippen LogP contribution in [0.4, 0.5) is 0 Å². The van der Waals surface area contributed by atoms with Crippen molar-refractivity contribution in [2.45, 2.75) is 33.3 Å². The number of hydrogen-bond donors (Lipinski definition) is 0. The van der Waals surface area contributed by atoms with E-state index in [1.165, 1.54) is 11.1 Å². The highest BCUT2D eigenvalue weighted by atomic mass is 16.5. The zero-order valence-electron chi connectivity index (χ0n) is 12.9. The maximum Gasteiger partial charge on any atom is 0.293 e. The Hall–Kier alpha value is -1.87. The molecular formula is C18H24O3. The molecule has 0 saturated carbocycles. The molecule has 1 rings (SSSR count). The highest BCUT2D eigenvalue weighted by molar-refractivity contribution is 5.37. The Kier molecular flexibility index (Phi) is 8.89. The maximum absolute atomic E-state index is 10.1. The van der Waals surface area contributed by atoms with E-state index in [-0.39, 0.29) is 0 Å². The molecule has 0 radical (unpaired) electrons. The van der Waals surface area contributed by atoms with Crippen LogP contribution < -0.4 is 0 Å². The Morgan fingerprint density at radius 1 is 1.10 bits per heavy atom. The average molecular weight is 288 g/mol. The summed E-state index contributed by atoms with van der Waals surface area (Å²) >= 11 is 0. The summed E-state index contributed by atoms with van der Waals surface area (Å²) in [4.78, 5) is 10.1. The van der Waals surface area contributed by atoms with Gasteiger partial charge in [0, 0.05) is 0 Å². The summed E-state index contributed by atoms with van der Waals surface area (Å²) in [5, 5.41) is 0. The van der Waals surface area contributed by atoms with Crippen LogP contribution in [0.5, 0.6) is 0 Å². The van der Waals surface area contributed by atoms with Gasteiger partial charge in [0.1, 0.15) is 6.61 Å². The molecule has 0 aliphatic heterocycles. The van der Waals surface area contributed by atoms with Gasteiger partial charge < -0.3 is 9.47 Å². The number of allylic oxidation sites excluding steroid dienone is 2. The third kappa shape index (κ3) is 8.82. The van der Waals surface area contributed by atoms with E-state index >= 15 is 0 Å². The van der Waals surface area contributed by atoms with Crippen LogP contribution in [0.3, 0.4) is 0 Å². The first-order valence-corrected chi connectivity index (χ1v) is 7.20. The molecule has 3 nitrogen and oxygen atoms in total. The van der Waals surface area contributed by atoms with Gasteiger partial charge >= 0.3 is 0 Å². The summed E-state index contributed by atoms with van der Waals surface area (Å²) in [7, 11) is 0. The van der Waals surface area contributed by atoms with Crippen molar-refractivity contribution in [3.8, 4) is 0 Å². The molecule has 0 fully saturated rings. The quantitative estimate of drug-likeness (QED) is 0.370. The van der Waals surface area contributed by atoms with E-state index in [1.54, 1.807) is 0 Å². The van der Waals surface area contributed by atoms with Gasteiger partial charge in [0.25, 0.3) is 6.47 Å². The second-order valence-corrected chi connectivity index (χ2v) is 5.05. The maximum atomic E-state index is 10.1. The second-order valence-electron chi connectivity index (χ2n) is 5.05. The molecule has 0 N–H and O–H groups in total. The molecule has 21 heavy (non-hydrogen) atoms. The Balaban J connectivity index is 2.17. The van der Waals surface area contributed by atoms with Gasteiger partial charge in [0.05, 0.1) is 13.2 Å². The highest BCUT2D eigenvalue weighted by Gasteiger charge is 1.93. The van der Waals surface area contributed by atoms with Crippen molar-refractivity contribution in [1.29, 1.82) is 0 Å². The Morgan fingerprint density at radius 3 is 2.57 bits per heavy atom. The first-order valence-electron chi connectivity index (χ1n) is 7.20. The number of carbonyl (C=O) groups excluding carboxylic acids is 1. The predicted octanol–water partition coefficient (Wildman–Crippen LogP) is 4.05. The number of carbonyl (C=O) groups is 1. The van der Waals surface area contributed by atoms with Crippen molar-refractivity contribution >= 4 is 6.47 Å². The molecule has 0 spiro atoms. The molecule has 0 aliphatic carbocycles. The van der Waals surface area contributed by atoms with E-state index in [0.29, 0.717) is 26.3 Å². The molecule has 0 atom stereocenters. The minimum absolute atomic E-state index is 0.381. The van der Waals surface area contributed by atoms with Crippen molar-refractivity contribution in [1.82, 2.24) is 0 Å². The Morgan fingerprint density at radius 2 is 1.86 bits per heavy atom. The van der Waals surface area contributed by atoms with Crippen molar-refractivity contribution in [3.63, 3.8) is 0 Å². The van der Waals surface area contributed by atoms with Gasteiger partial charge in [-0.1, -0.05) is 48.1 Å².